The van der Waals surface area contributed by atoms with Crippen LogP contribution < -0.4 is 11.1 Å². The fourth-order valence-electron chi connectivity index (χ4n) is 2.31. The molecule has 3 N–H and O–H groups in total. The molecule has 0 aliphatic heterocycles. The highest BCUT2D eigenvalue weighted by Gasteiger charge is 2.49. The number of carbonyl (C=O) groups is 1. The molecule has 0 radical (unpaired) electrons. The number of nitrogens with two attached hydrogens (primary N) is 1. The van der Waals surface area contributed by atoms with E-state index >= 15 is 0 Å². The molecule has 1 amide bonds. The van der Waals surface area contributed by atoms with Crippen LogP contribution in [0.25, 0.3) is 0 Å². The standard InChI is InChI=1S/C13H20N4O2/c1-4-19-10-7-9(13(10,2)3)15-12(18)8-5-6-11(14)17-16-8/h5-6,9-10H,4,7H2,1-3H3,(H2,14,17)(H,15,18). The monoisotopic (exact) mass is 264 g/mol. The number of nitrogen functional groups attached to an aromatic ring is 1. The Morgan fingerprint density at radius 2 is 2.26 bits per heavy atom. The van der Waals surface area contributed by atoms with Crippen LogP contribution in [0.2, 0.25) is 0 Å². The van der Waals surface area contributed by atoms with Crippen LogP contribution >= 0.6 is 0 Å². The largest absolute Gasteiger partial charge is 0.382 e. The summed E-state index contributed by atoms with van der Waals surface area (Å²) in [5, 5.41) is 10.4. The van der Waals surface area contributed by atoms with Crippen molar-refractivity contribution in [3.05, 3.63) is 17.8 Å². The van der Waals surface area contributed by atoms with Gasteiger partial charge in [0, 0.05) is 18.1 Å². The van der Waals surface area contributed by atoms with Gasteiger partial charge in [0.15, 0.2) is 5.69 Å². The highest BCUT2D eigenvalue weighted by atomic mass is 16.5. The van der Waals surface area contributed by atoms with Crippen molar-refractivity contribution in [2.75, 3.05) is 12.3 Å². The number of anilines is 1. The lowest BCUT2D eigenvalue weighted by molar-refractivity contribution is -0.111. The molecule has 0 bridgehead atoms. The number of nitrogens with one attached hydrogen (secondary N) is 1. The first-order valence-corrected chi connectivity index (χ1v) is 6.46. The third-order valence-electron chi connectivity index (χ3n) is 3.77. The quantitative estimate of drug-likeness (QED) is 0.846. The SMILES string of the molecule is CCOC1CC(NC(=O)c2ccc(N)nn2)C1(C)C. The average molecular weight is 264 g/mol. The maximum atomic E-state index is 12.0. The topological polar surface area (TPSA) is 90.1 Å². The van der Waals surface area contributed by atoms with Gasteiger partial charge in [-0.05, 0) is 25.5 Å². The highest BCUT2D eigenvalue weighted by molar-refractivity contribution is 5.92. The fourth-order valence-corrected chi connectivity index (χ4v) is 2.31. The van der Waals surface area contributed by atoms with E-state index in [0.717, 1.165) is 6.42 Å². The van der Waals surface area contributed by atoms with Crippen molar-refractivity contribution in [1.82, 2.24) is 15.5 Å². The molecule has 0 saturated heterocycles. The van der Waals surface area contributed by atoms with Gasteiger partial charge in [-0.2, -0.15) is 0 Å². The Morgan fingerprint density at radius 3 is 2.79 bits per heavy atom. The molecule has 19 heavy (non-hydrogen) atoms. The Bertz CT molecular complexity index is 458. The zero-order valence-corrected chi connectivity index (χ0v) is 11.5. The van der Waals surface area contributed by atoms with Gasteiger partial charge < -0.3 is 15.8 Å². The molecule has 1 aliphatic rings. The van der Waals surface area contributed by atoms with Crippen LogP contribution in [0.5, 0.6) is 0 Å². The maximum absolute atomic E-state index is 12.0. The van der Waals surface area contributed by atoms with Crippen LogP contribution in [0.4, 0.5) is 5.82 Å². The zero-order chi connectivity index (χ0) is 14.0. The predicted octanol–water partition coefficient (Wildman–Crippen LogP) is 0.992. The first-order valence-electron chi connectivity index (χ1n) is 6.46. The summed E-state index contributed by atoms with van der Waals surface area (Å²) in [5.74, 6) is 0.0810. The molecule has 1 heterocycles. The average Bonchev–Trinajstić information content (AvgIpc) is 2.38. The second-order valence-electron chi connectivity index (χ2n) is 5.37. The van der Waals surface area contributed by atoms with Crippen molar-refractivity contribution in [2.45, 2.75) is 39.3 Å². The van der Waals surface area contributed by atoms with Gasteiger partial charge in [0.2, 0.25) is 0 Å². The van der Waals surface area contributed by atoms with E-state index in [4.69, 9.17) is 10.5 Å². The van der Waals surface area contributed by atoms with E-state index in [-0.39, 0.29) is 29.2 Å². The molecule has 0 spiro atoms. The van der Waals surface area contributed by atoms with Gasteiger partial charge >= 0.3 is 0 Å². The molecule has 2 unspecified atom stereocenters. The van der Waals surface area contributed by atoms with Crippen LogP contribution in [0, 0.1) is 5.41 Å². The molecule has 104 valence electrons. The van der Waals surface area contributed by atoms with Crippen LogP contribution in [0.3, 0.4) is 0 Å². The Balaban J connectivity index is 1.96. The summed E-state index contributed by atoms with van der Waals surface area (Å²) >= 11 is 0. The van der Waals surface area contributed by atoms with Crippen LogP contribution in [-0.4, -0.2) is 34.9 Å². The zero-order valence-electron chi connectivity index (χ0n) is 11.5. The number of hydrogen-bond acceptors (Lipinski definition) is 5. The van der Waals surface area contributed by atoms with Gasteiger partial charge in [-0.25, -0.2) is 0 Å². The van der Waals surface area contributed by atoms with E-state index < -0.39 is 0 Å². The highest BCUT2D eigenvalue weighted by Crippen LogP contribution is 2.42. The van der Waals surface area contributed by atoms with E-state index in [9.17, 15) is 4.79 Å². The molecule has 1 saturated carbocycles. The number of amides is 1. The van der Waals surface area contributed by atoms with Crippen molar-refractivity contribution >= 4 is 11.7 Å². The second-order valence-corrected chi connectivity index (χ2v) is 5.37. The molecule has 1 fully saturated rings. The van der Waals surface area contributed by atoms with Crippen molar-refractivity contribution in [1.29, 1.82) is 0 Å². The summed E-state index contributed by atoms with van der Waals surface area (Å²) in [4.78, 5) is 12.0. The van der Waals surface area contributed by atoms with Gasteiger partial charge in [0.05, 0.1) is 6.10 Å². The van der Waals surface area contributed by atoms with Gasteiger partial charge in [0.25, 0.3) is 5.91 Å². The summed E-state index contributed by atoms with van der Waals surface area (Å²) < 4.78 is 5.63. The number of nitrogens with zero attached hydrogens (tertiary/aromatic N) is 2. The second kappa shape index (κ2) is 5.13. The summed E-state index contributed by atoms with van der Waals surface area (Å²) in [5.41, 5.74) is 5.66. The van der Waals surface area contributed by atoms with Crippen molar-refractivity contribution in [3.8, 4) is 0 Å². The minimum Gasteiger partial charge on any atom is -0.382 e. The van der Waals surface area contributed by atoms with Crippen molar-refractivity contribution in [3.63, 3.8) is 0 Å². The van der Waals surface area contributed by atoms with Gasteiger partial charge in [-0.1, -0.05) is 13.8 Å². The normalized spacial score (nSPS) is 24.6. The molecule has 1 aliphatic carbocycles. The Labute approximate surface area is 112 Å². The molecule has 2 rings (SSSR count). The Hall–Kier alpha value is -1.69. The molecule has 0 aromatic carbocycles. The first kappa shape index (κ1) is 13.7. The van der Waals surface area contributed by atoms with Crippen LogP contribution in [0.1, 0.15) is 37.7 Å². The van der Waals surface area contributed by atoms with Crippen molar-refractivity contribution < 1.29 is 9.53 Å². The van der Waals surface area contributed by atoms with Crippen molar-refractivity contribution in [2.24, 2.45) is 5.41 Å². The lowest BCUT2D eigenvalue weighted by Gasteiger charge is -2.51. The smallest absolute Gasteiger partial charge is 0.272 e. The molecule has 2 atom stereocenters. The summed E-state index contributed by atoms with van der Waals surface area (Å²) in [6.45, 7) is 6.86. The van der Waals surface area contributed by atoms with Crippen LogP contribution in [0.15, 0.2) is 12.1 Å². The maximum Gasteiger partial charge on any atom is 0.272 e. The fraction of sp³-hybridized carbons (Fsp3) is 0.615. The summed E-state index contributed by atoms with van der Waals surface area (Å²) in [6.07, 6.45) is 1.02. The van der Waals surface area contributed by atoms with Gasteiger partial charge in [0.1, 0.15) is 5.82 Å². The van der Waals surface area contributed by atoms with Gasteiger partial charge in [-0.15, -0.1) is 10.2 Å². The molecular formula is C13H20N4O2. The molecule has 1 aromatic rings. The van der Waals surface area contributed by atoms with Crippen LogP contribution in [-0.2, 0) is 4.74 Å². The van der Waals surface area contributed by atoms with E-state index in [0.29, 0.717) is 12.4 Å². The summed E-state index contributed by atoms with van der Waals surface area (Å²) in [7, 11) is 0. The first-order chi connectivity index (χ1) is 8.95. The molecular weight excluding hydrogens is 244 g/mol. The third-order valence-corrected chi connectivity index (χ3v) is 3.77. The number of ether oxygens (including phenoxy) is 1. The number of rotatable bonds is 4. The van der Waals surface area contributed by atoms with E-state index in [1.54, 1.807) is 12.1 Å². The lowest BCUT2D eigenvalue weighted by atomic mass is 9.64. The Morgan fingerprint density at radius 1 is 1.53 bits per heavy atom. The third kappa shape index (κ3) is 2.68. The van der Waals surface area contributed by atoms with E-state index in [2.05, 4.69) is 29.4 Å². The lowest BCUT2D eigenvalue weighted by Crippen LogP contribution is -2.62. The number of hydrogen-bond donors (Lipinski definition) is 2. The van der Waals surface area contributed by atoms with E-state index in [1.807, 2.05) is 6.92 Å². The predicted molar refractivity (Wildman–Crippen MR) is 71.5 cm³/mol. The number of carbonyl (C=O) groups excluding carboxylic acids is 1. The molecule has 6 nitrogen and oxygen atoms in total. The minimum atomic E-state index is -0.222. The van der Waals surface area contributed by atoms with Gasteiger partial charge in [-0.3, -0.25) is 4.79 Å². The summed E-state index contributed by atoms with van der Waals surface area (Å²) in [6, 6.07) is 3.23. The van der Waals surface area contributed by atoms with E-state index in [1.165, 1.54) is 0 Å². The molecule has 1 aromatic heterocycles. The molecule has 6 heteroatoms. The Kier molecular flexibility index (Phi) is 3.71. The minimum absolute atomic E-state index is 0.0626. The number of aromatic nitrogens is 2.